The van der Waals surface area contributed by atoms with Gasteiger partial charge in [-0.15, -0.1) is 11.6 Å². The molecule has 2 rings (SSSR count). The molecule has 2 aromatic rings. The quantitative estimate of drug-likeness (QED) is 0.799. The van der Waals surface area contributed by atoms with Crippen LogP contribution >= 0.6 is 11.6 Å². The van der Waals surface area contributed by atoms with E-state index in [1.807, 2.05) is 30.3 Å². The van der Waals surface area contributed by atoms with Crippen molar-refractivity contribution in [3.63, 3.8) is 0 Å². The molecule has 2 aromatic carbocycles. The molecule has 0 aliphatic carbocycles. The van der Waals surface area contributed by atoms with E-state index in [9.17, 15) is 9.90 Å². The number of nitrogens with one attached hydrogen (secondary N) is 1. The van der Waals surface area contributed by atoms with Crippen LogP contribution in [-0.2, 0) is 17.6 Å². The molecule has 0 spiro atoms. The van der Waals surface area contributed by atoms with Gasteiger partial charge in [-0.3, -0.25) is 4.79 Å². The number of carbonyl (C=O) groups excluding carboxylic acids is 1. The minimum atomic E-state index is -0.102. The van der Waals surface area contributed by atoms with Crippen molar-refractivity contribution >= 4 is 23.2 Å². The molecular formula is C17H18ClNO2. The van der Waals surface area contributed by atoms with E-state index < -0.39 is 0 Å². The molecule has 0 atom stereocenters. The highest BCUT2D eigenvalue weighted by molar-refractivity contribution is 6.17. The average Bonchev–Trinajstić information content (AvgIpc) is 2.45. The highest BCUT2D eigenvalue weighted by Gasteiger charge is 2.05. The number of hydrogen-bond acceptors (Lipinski definition) is 2. The maximum atomic E-state index is 12.0. The molecule has 0 fully saturated rings. The normalized spacial score (nSPS) is 10.3. The number of phenolic OH excluding ortho intramolecular Hbond substituents is 1. The SMILES string of the molecule is O=C(Cc1cccc(O)c1)Nc1cccc(CCCCl)c1. The zero-order valence-corrected chi connectivity index (χ0v) is 12.4. The van der Waals surface area contributed by atoms with Gasteiger partial charge >= 0.3 is 0 Å². The van der Waals surface area contributed by atoms with Gasteiger partial charge in [0.2, 0.25) is 5.91 Å². The van der Waals surface area contributed by atoms with Gasteiger partial charge in [-0.05, 0) is 48.2 Å². The Morgan fingerprint density at radius 2 is 1.86 bits per heavy atom. The van der Waals surface area contributed by atoms with Crippen molar-refractivity contribution in [2.75, 3.05) is 11.2 Å². The fourth-order valence-corrected chi connectivity index (χ4v) is 2.27. The molecule has 110 valence electrons. The summed E-state index contributed by atoms with van der Waals surface area (Å²) in [6.45, 7) is 0. The Labute approximate surface area is 129 Å². The van der Waals surface area contributed by atoms with E-state index in [2.05, 4.69) is 5.32 Å². The molecule has 21 heavy (non-hydrogen) atoms. The molecule has 3 nitrogen and oxygen atoms in total. The third kappa shape index (κ3) is 5.12. The molecule has 0 aliphatic rings. The molecule has 0 heterocycles. The van der Waals surface area contributed by atoms with E-state index in [0.717, 1.165) is 29.7 Å². The van der Waals surface area contributed by atoms with Crippen molar-refractivity contribution in [3.8, 4) is 5.75 Å². The number of alkyl halides is 1. The first-order chi connectivity index (χ1) is 10.2. The molecule has 2 N–H and O–H groups in total. The van der Waals surface area contributed by atoms with Gasteiger partial charge in [0.25, 0.3) is 0 Å². The number of hydrogen-bond donors (Lipinski definition) is 2. The van der Waals surface area contributed by atoms with Crippen LogP contribution < -0.4 is 5.32 Å². The molecular weight excluding hydrogens is 286 g/mol. The highest BCUT2D eigenvalue weighted by Crippen LogP contribution is 2.15. The molecule has 0 unspecified atom stereocenters. The summed E-state index contributed by atoms with van der Waals surface area (Å²) >= 11 is 5.69. The topological polar surface area (TPSA) is 49.3 Å². The van der Waals surface area contributed by atoms with Crippen molar-refractivity contribution in [2.45, 2.75) is 19.3 Å². The fourth-order valence-electron chi connectivity index (χ4n) is 2.13. The maximum absolute atomic E-state index is 12.0. The number of phenols is 1. The molecule has 0 saturated heterocycles. The predicted molar refractivity (Wildman–Crippen MR) is 85.9 cm³/mol. The first-order valence-electron chi connectivity index (χ1n) is 6.90. The molecule has 4 heteroatoms. The van der Waals surface area contributed by atoms with Gasteiger partial charge in [-0.2, -0.15) is 0 Å². The Morgan fingerprint density at radius 1 is 1.10 bits per heavy atom. The van der Waals surface area contributed by atoms with E-state index in [0.29, 0.717) is 5.88 Å². The lowest BCUT2D eigenvalue weighted by molar-refractivity contribution is -0.115. The van der Waals surface area contributed by atoms with Gasteiger partial charge < -0.3 is 10.4 Å². The van der Waals surface area contributed by atoms with Crippen LogP contribution in [0.15, 0.2) is 48.5 Å². The third-order valence-electron chi connectivity index (χ3n) is 3.09. The number of anilines is 1. The van der Waals surface area contributed by atoms with E-state index in [1.54, 1.807) is 18.2 Å². The van der Waals surface area contributed by atoms with Crippen molar-refractivity contribution in [2.24, 2.45) is 0 Å². The van der Waals surface area contributed by atoms with E-state index in [-0.39, 0.29) is 18.1 Å². The number of amides is 1. The summed E-state index contributed by atoms with van der Waals surface area (Å²) in [6.07, 6.45) is 2.06. The lowest BCUT2D eigenvalue weighted by Gasteiger charge is -2.07. The minimum absolute atomic E-state index is 0.102. The second-order valence-electron chi connectivity index (χ2n) is 4.89. The number of aryl methyl sites for hydroxylation is 1. The molecule has 0 saturated carbocycles. The van der Waals surface area contributed by atoms with Crippen LogP contribution in [0, 0.1) is 0 Å². The van der Waals surface area contributed by atoms with Crippen LogP contribution in [0.1, 0.15) is 17.5 Å². The Morgan fingerprint density at radius 3 is 2.62 bits per heavy atom. The summed E-state index contributed by atoms with van der Waals surface area (Å²) in [5, 5.41) is 12.3. The summed E-state index contributed by atoms with van der Waals surface area (Å²) in [4.78, 5) is 12.0. The van der Waals surface area contributed by atoms with Gasteiger partial charge in [-0.1, -0.05) is 24.3 Å². The van der Waals surface area contributed by atoms with E-state index in [1.165, 1.54) is 0 Å². The Bertz CT molecular complexity index is 613. The fraction of sp³-hybridized carbons (Fsp3) is 0.235. The Balaban J connectivity index is 1.96. The van der Waals surface area contributed by atoms with E-state index in [4.69, 9.17) is 11.6 Å². The first-order valence-corrected chi connectivity index (χ1v) is 7.43. The largest absolute Gasteiger partial charge is 0.508 e. The average molecular weight is 304 g/mol. The highest BCUT2D eigenvalue weighted by atomic mass is 35.5. The number of halogens is 1. The Kier molecular flexibility index (Phi) is 5.64. The molecule has 1 amide bonds. The van der Waals surface area contributed by atoms with Crippen LogP contribution in [0.5, 0.6) is 5.75 Å². The predicted octanol–water partition coefficient (Wildman–Crippen LogP) is 3.74. The van der Waals surface area contributed by atoms with Crippen molar-refractivity contribution < 1.29 is 9.90 Å². The summed E-state index contributed by atoms with van der Waals surface area (Å²) in [6, 6.07) is 14.5. The number of aromatic hydroxyl groups is 1. The smallest absolute Gasteiger partial charge is 0.228 e. The molecule has 0 radical (unpaired) electrons. The van der Waals surface area contributed by atoms with Gasteiger partial charge in [0.1, 0.15) is 5.75 Å². The lowest BCUT2D eigenvalue weighted by atomic mass is 10.1. The number of benzene rings is 2. The molecule has 0 aromatic heterocycles. The summed E-state index contributed by atoms with van der Waals surface area (Å²) in [7, 11) is 0. The van der Waals surface area contributed by atoms with Crippen LogP contribution in [0.2, 0.25) is 0 Å². The maximum Gasteiger partial charge on any atom is 0.228 e. The second-order valence-corrected chi connectivity index (χ2v) is 5.27. The van der Waals surface area contributed by atoms with Crippen LogP contribution in [0.25, 0.3) is 0 Å². The standard InChI is InChI=1S/C17H18ClNO2/c18-9-3-6-13-4-1-7-15(10-13)19-17(21)12-14-5-2-8-16(20)11-14/h1-2,4-5,7-8,10-11,20H,3,6,9,12H2,(H,19,21). The van der Waals surface area contributed by atoms with Crippen LogP contribution in [0.4, 0.5) is 5.69 Å². The van der Waals surface area contributed by atoms with Gasteiger partial charge in [0.15, 0.2) is 0 Å². The third-order valence-corrected chi connectivity index (χ3v) is 3.35. The van der Waals surface area contributed by atoms with Crippen LogP contribution in [-0.4, -0.2) is 16.9 Å². The van der Waals surface area contributed by atoms with Crippen LogP contribution in [0.3, 0.4) is 0 Å². The van der Waals surface area contributed by atoms with Gasteiger partial charge in [0, 0.05) is 11.6 Å². The Hall–Kier alpha value is -2.00. The first kappa shape index (κ1) is 15.4. The zero-order chi connectivity index (χ0) is 15.1. The van der Waals surface area contributed by atoms with Crippen molar-refractivity contribution in [1.29, 1.82) is 0 Å². The van der Waals surface area contributed by atoms with Gasteiger partial charge in [-0.25, -0.2) is 0 Å². The zero-order valence-electron chi connectivity index (χ0n) is 11.7. The van der Waals surface area contributed by atoms with Crippen molar-refractivity contribution in [1.82, 2.24) is 0 Å². The molecule has 0 bridgehead atoms. The van der Waals surface area contributed by atoms with Gasteiger partial charge in [0.05, 0.1) is 6.42 Å². The lowest BCUT2D eigenvalue weighted by Crippen LogP contribution is -2.14. The summed E-state index contributed by atoms with van der Waals surface area (Å²) < 4.78 is 0. The summed E-state index contributed by atoms with van der Waals surface area (Å²) in [5.74, 6) is 0.701. The number of carbonyl (C=O) groups is 1. The summed E-state index contributed by atoms with van der Waals surface area (Å²) in [5.41, 5.74) is 2.73. The number of rotatable bonds is 6. The van der Waals surface area contributed by atoms with E-state index >= 15 is 0 Å². The monoisotopic (exact) mass is 303 g/mol. The van der Waals surface area contributed by atoms with Crippen molar-refractivity contribution in [3.05, 3.63) is 59.7 Å². The minimum Gasteiger partial charge on any atom is -0.508 e. The molecule has 0 aliphatic heterocycles. The second kappa shape index (κ2) is 7.70.